The molecule has 7 heteroatoms. The molecule has 0 spiro atoms. The van der Waals surface area contributed by atoms with E-state index in [-0.39, 0.29) is 10.8 Å². The topological polar surface area (TPSA) is 87.0 Å². The van der Waals surface area contributed by atoms with E-state index in [1.807, 2.05) is 13.8 Å². The first-order chi connectivity index (χ1) is 6.86. The normalized spacial score (nSPS) is 13.5. The van der Waals surface area contributed by atoms with Gasteiger partial charge in [-0.05, 0) is 6.07 Å². The minimum Gasteiger partial charge on any atom is -0.411 e. The molecule has 0 saturated heterocycles. The molecule has 0 radical (unpaired) electrons. The molecule has 0 aliphatic carbocycles. The Kier molecular flexibility index (Phi) is 3.48. The first kappa shape index (κ1) is 12.2. The van der Waals surface area contributed by atoms with Crippen molar-refractivity contribution in [2.24, 2.45) is 11.1 Å². The van der Waals surface area contributed by atoms with Gasteiger partial charge in [0.05, 0.1) is 10.6 Å². The van der Waals surface area contributed by atoms with E-state index in [1.165, 1.54) is 11.4 Å². The van der Waals surface area contributed by atoms with Gasteiger partial charge in [-0.1, -0.05) is 19.0 Å². The minimum atomic E-state index is -4.18. The molecule has 1 heterocycles. The zero-order chi connectivity index (χ0) is 11.6. The fourth-order valence-corrected chi connectivity index (χ4v) is 2.91. The summed E-state index contributed by atoms with van der Waals surface area (Å²) in [6, 6.07) is 1.29. The summed E-state index contributed by atoms with van der Waals surface area (Å²) in [5.74, 6) is -0.0251. The molecular formula is C8H11NO4S2. The van der Waals surface area contributed by atoms with Crippen LogP contribution in [0.15, 0.2) is 21.5 Å². The van der Waals surface area contributed by atoms with Crippen molar-refractivity contribution >= 4 is 27.2 Å². The van der Waals surface area contributed by atoms with E-state index in [9.17, 15) is 8.42 Å². The van der Waals surface area contributed by atoms with Gasteiger partial charge in [0.2, 0.25) is 0 Å². The highest BCUT2D eigenvalue weighted by molar-refractivity contribution is 7.86. The number of oxime groups is 1. The summed E-state index contributed by atoms with van der Waals surface area (Å²) in [6.45, 7) is 3.64. The summed E-state index contributed by atoms with van der Waals surface area (Å²) < 4.78 is 30.3. The lowest BCUT2D eigenvalue weighted by Crippen LogP contribution is -2.07. The molecule has 0 fully saturated rings. The van der Waals surface area contributed by atoms with Crippen molar-refractivity contribution in [1.29, 1.82) is 0 Å². The zero-order valence-electron chi connectivity index (χ0n) is 8.21. The fraction of sp³-hybridized carbons (Fsp3) is 0.375. The van der Waals surface area contributed by atoms with E-state index in [0.717, 1.165) is 11.3 Å². The third-order valence-electron chi connectivity index (χ3n) is 1.78. The Morgan fingerprint density at radius 1 is 1.53 bits per heavy atom. The highest BCUT2D eigenvalue weighted by atomic mass is 32.2. The smallest absolute Gasteiger partial charge is 0.295 e. The maximum absolute atomic E-state index is 10.8. The second kappa shape index (κ2) is 4.30. The van der Waals surface area contributed by atoms with Crippen LogP contribution >= 0.6 is 11.3 Å². The first-order valence-electron chi connectivity index (χ1n) is 4.14. The van der Waals surface area contributed by atoms with E-state index >= 15 is 0 Å². The molecule has 0 aliphatic rings. The number of thiophene rings is 1. The molecule has 0 bridgehead atoms. The Hall–Kier alpha value is -0.920. The van der Waals surface area contributed by atoms with Crippen LogP contribution in [-0.2, 0) is 10.1 Å². The van der Waals surface area contributed by atoms with Crippen LogP contribution in [0.3, 0.4) is 0 Å². The van der Waals surface area contributed by atoms with E-state index in [4.69, 9.17) is 9.76 Å². The zero-order valence-corrected chi connectivity index (χ0v) is 9.84. The van der Waals surface area contributed by atoms with Crippen LogP contribution in [0.1, 0.15) is 18.7 Å². The van der Waals surface area contributed by atoms with Gasteiger partial charge >= 0.3 is 0 Å². The molecule has 15 heavy (non-hydrogen) atoms. The molecule has 0 aromatic carbocycles. The van der Waals surface area contributed by atoms with Gasteiger partial charge in [-0.2, -0.15) is 8.42 Å². The fourth-order valence-electron chi connectivity index (χ4n) is 1.04. The van der Waals surface area contributed by atoms with E-state index < -0.39 is 10.1 Å². The molecular weight excluding hydrogens is 238 g/mol. The monoisotopic (exact) mass is 249 g/mol. The van der Waals surface area contributed by atoms with Gasteiger partial charge < -0.3 is 5.21 Å². The number of hydrogen-bond donors (Lipinski definition) is 2. The highest BCUT2D eigenvalue weighted by Gasteiger charge is 2.17. The van der Waals surface area contributed by atoms with Gasteiger partial charge in [0.25, 0.3) is 10.1 Å². The Morgan fingerprint density at radius 2 is 2.13 bits per heavy atom. The molecule has 1 aromatic heterocycles. The highest BCUT2D eigenvalue weighted by Crippen LogP contribution is 2.22. The molecule has 0 aliphatic heterocycles. The third kappa shape index (κ3) is 2.77. The molecule has 0 unspecified atom stereocenters. The van der Waals surface area contributed by atoms with Crippen LogP contribution in [0, 0.1) is 5.92 Å². The molecule has 84 valence electrons. The largest absolute Gasteiger partial charge is 0.411 e. The molecule has 5 nitrogen and oxygen atoms in total. The lowest BCUT2D eigenvalue weighted by atomic mass is 10.1. The van der Waals surface area contributed by atoms with Gasteiger partial charge in [-0.3, -0.25) is 4.55 Å². The minimum absolute atomic E-state index is 0.0251. The predicted octanol–water partition coefficient (Wildman–Crippen LogP) is 1.83. The van der Waals surface area contributed by atoms with Gasteiger partial charge in [-0.25, -0.2) is 0 Å². The number of rotatable bonds is 3. The van der Waals surface area contributed by atoms with E-state index in [1.54, 1.807) is 0 Å². The maximum Gasteiger partial charge on any atom is 0.295 e. The summed E-state index contributed by atoms with van der Waals surface area (Å²) in [5.41, 5.74) is 0.398. The summed E-state index contributed by atoms with van der Waals surface area (Å²) in [6.07, 6.45) is 0. The van der Waals surface area contributed by atoms with Crippen molar-refractivity contribution in [3.8, 4) is 0 Å². The van der Waals surface area contributed by atoms with Gasteiger partial charge in [0.15, 0.2) is 0 Å². The van der Waals surface area contributed by atoms with Crippen molar-refractivity contribution in [2.45, 2.75) is 18.7 Å². The van der Waals surface area contributed by atoms with Crippen LogP contribution in [0.4, 0.5) is 0 Å². The summed E-state index contributed by atoms with van der Waals surface area (Å²) in [5, 5.41) is 13.2. The van der Waals surface area contributed by atoms with Gasteiger partial charge in [0.1, 0.15) is 4.90 Å². The Bertz CT molecular complexity index is 473. The Balaban J connectivity index is 3.15. The first-order valence-corrected chi connectivity index (χ1v) is 6.46. The Morgan fingerprint density at radius 3 is 2.47 bits per heavy atom. The van der Waals surface area contributed by atoms with Crippen LogP contribution in [0.5, 0.6) is 0 Å². The average molecular weight is 249 g/mol. The Labute approximate surface area is 91.8 Å². The molecule has 0 amide bonds. The van der Waals surface area contributed by atoms with Crippen LogP contribution < -0.4 is 0 Å². The van der Waals surface area contributed by atoms with Crippen LogP contribution in [-0.4, -0.2) is 23.9 Å². The maximum atomic E-state index is 10.8. The van der Waals surface area contributed by atoms with Crippen molar-refractivity contribution in [2.75, 3.05) is 0 Å². The summed E-state index contributed by atoms with van der Waals surface area (Å²) >= 11 is 1.11. The predicted molar refractivity (Wildman–Crippen MR) is 57.3 cm³/mol. The lowest BCUT2D eigenvalue weighted by Gasteiger charge is -2.03. The third-order valence-corrected chi connectivity index (χ3v) is 3.71. The van der Waals surface area contributed by atoms with Crippen molar-refractivity contribution in [3.05, 3.63) is 16.3 Å². The van der Waals surface area contributed by atoms with Crippen molar-refractivity contribution < 1.29 is 18.2 Å². The number of nitrogens with zero attached hydrogens (tertiary/aromatic N) is 1. The van der Waals surface area contributed by atoms with Gasteiger partial charge in [-0.15, -0.1) is 11.3 Å². The number of hydrogen-bond acceptors (Lipinski definition) is 5. The van der Waals surface area contributed by atoms with Crippen LogP contribution in [0.25, 0.3) is 0 Å². The molecule has 1 rings (SSSR count). The van der Waals surface area contributed by atoms with E-state index in [0.29, 0.717) is 10.6 Å². The quantitative estimate of drug-likeness (QED) is 0.370. The summed E-state index contributed by atoms with van der Waals surface area (Å²) in [4.78, 5) is 0.351. The second-order valence-corrected chi connectivity index (χ2v) is 5.59. The SMILES string of the molecule is CC(C)C(=NO)c1cc(S(=O)(=O)O)cs1. The molecule has 0 atom stereocenters. The standard InChI is InChI=1S/C8H11NO4S2/c1-5(2)8(9-10)7-3-6(4-14-7)15(11,12)13/h3-5,10H,1-2H3,(H,11,12,13). The van der Waals surface area contributed by atoms with E-state index in [2.05, 4.69) is 5.16 Å². The average Bonchev–Trinajstić information content (AvgIpc) is 2.52. The molecule has 1 aromatic rings. The second-order valence-electron chi connectivity index (χ2n) is 3.26. The van der Waals surface area contributed by atoms with Crippen molar-refractivity contribution in [3.63, 3.8) is 0 Å². The van der Waals surface area contributed by atoms with Crippen molar-refractivity contribution in [1.82, 2.24) is 0 Å². The lowest BCUT2D eigenvalue weighted by molar-refractivity contribution is 0.316. The summed E-state index contributed by atoms with van der Waals surface area (Å²) in [7, 11) is -4.18. The molecule has 0 saturated carbocycles. The van der Waals surface area contributed by atoms with Crippen LogP contribution in [0.2, 0.25) is 0 Å². The molecule has 2 N–H and O–H groups in total. The van der Waals surface area contributed by atoms with Gasteiger partial charge in [0, 0.05) is 11.3 Å².